The molecule has 1 aromatic rings. The van der Waals surface area contributed by atoms with Crippen LogP contribution in [-0.2, 0) is 16.1 Å². The summed E-state index contributed by atoms with van der Waals surface area (Å²) in [6, 6.07) is 5.57. The first-order valence-electron chi connectivity index (χ1n) is 6.62. The molecule has 1 aromatic carbocycles. The van der Waals surface area contributed by atoms with Gasteiger partial charge in [0.15, 0.2) is 0 Å². The van der Waals surface area contributed by atoms with Crippen molar-refractivity contribution in [3.05, 3.63) is 33.3 Å². The van der Waals surface area contributed by atoms with Crippen molar-refractivity contribution in [2.45, 2.75) is 19.5 Å². The number of hydrogen-bond acceptors (Lipinski definition) is 3. The highest BCUT2D eigenvalue weighted by Crippen LogP contribution is 2.23. The molecule has 1 saturated heterocycles. The summed E-state index contributed by atoms with van der Waals surface area (Å²) in [6.45, 7) is 5.11. The van der Waals surface area contributed by atoms with Crippen molar-refractivity contribution in [3.63, 3.8) is 0 Å². The number of halogens is 2. The fourth-order valence-electron chi connectivity index (χ4n) is 2.07. The number of nitrogens with one attached hydrogen (secondary N) is 1. The van der Waals surface area contributed by atoms with Gasteiger partial charge in [-0.25, -0.2) is 0 Å². The van der Waals surface area contributed by atoms with E-state index in [1.807, 2.05) is 30.0 Å². The third-order valence-electron chi connectivity index (χ3n) is 3.29. The van der Waals surface area contributed by atoms with E-state index < -0.39 is 0 Å². The van der Waals surface area contributed by atoms with Crippen LogP contribution in [0.5, 0.6) is 0 Å². The molecule has 1 aliphatic rings. The molecule has 0 saturated carbocycles. The van der Waals surface area contributed by atoms with Gasteiger partial charge in [-0.05, 0) is 40.5 Å². The molecule has 0 aliphatic carbocycles. The molecule has 0 radical (unpaired) electrons. The highest BCUT2D eigenvalue weighted by molar-refractivity contribution is 9.10. The van der Waals surface area contributed by atoms with Crippen LogP contribution < -0.4 is 5.32 Å². The Kier molecular flexibility index (Phi) is 5.84. The lowest BCUT2D eigenvalue weighted by Gasteiger charge is -2.29. The zero-order valence-electron chi connectivity index (χ0n) is 11.4. The van der Waals surface area contributed by atoms with Crippen LogP contribution in [0, 0.1) is 0 Å². The average molecular weight is 362 g/mol. The fourth-order valence-corrected chi connectivity index (χ4v) is 2.52. The van der Waals surface area contributed by atoms with Crippen molar-refractivity contribution in [1.82, 2.24) is 10.2 Å². The fraction of sp³-hybridized carbons (Fsp3) is 0.500. The molecular formula is C14H18BrClN2O2. The predicted molar refractivity (Wildman–Crippen MR) is 82.9 cm³/mol. The van der Waals surface area contributed by atoms with Crippen molar-refractivity contribution < 1.29 is 9.53 Å². The normalized spacial score (nSPS) is 17.1. The van der Waals surface area contributed by atoms with Crippen molar-refractivity contribution in [3.8, 4) is 0 Å². The van der Waals surface area contributed by atoms with Crippen molar-refractivity contribution >= 4 is 33.4 Å². The number of hydrogen-bond donors (Lipinski definition) is 1. The summed E-state index contributed by atoms with van der Waals surface area (Å²) in [6.07, 6.45) is 0. The van der Waals surface area contributed by atoms with Crippen LogP contribution in [0.1, 0.15) is 12.5 Å². The van der Waals surface area contributed by atoms with Crippen LogP contribution in [0.3, 0.4) is 0 Å². The minimum absolute atomic E-state index is 0.122. The van der Waals surface area contributed by atoms with E-state index in [0.29, 0.717) is 37.9 Å². The lowest BCUT2D eigenvalue weighted by Crippen LogP contribution is -2.49. The van der Waals surface area contributed by atoms with Crippen molar-refractivity contribution in [1.29, 1.82) is 0 Å². The standard InChI is InChI=1S/C14H18BrClN2O2/c1-10(14(19)18-4-6-20-7-5-18)17-9-11-2-3-12(15)13(16)8-11/h2-3,8,10,17H,4-7,9H2,1H3. The SMILES string of the molecule is CC(NCc1ccc(Br)c(Cl)c1)C(=O)N1CCOCC1. The van der Waals surface area contributed by atoms with Crippen LogP contribution in [0.25, 0.3) is 0 Å². The molecule has 1 fully saturated rings. The van der Waals surface area contributed by atoms with Gasteiger partial charge in [0.25, 0.3) is 0 Å². The highest BCUT2D eigenvalue weighted by Gasteiger charge is 2.21. The van der Waals surface area contributed by atoms with Crippen LogP contribution in [-0.4, -0.2) is 43.2 Å². The summed E-state index contributed by atoms with van der Waals surface area (Å²) in [5.74, 6) is 0.122. The summed E-state index contributed by atoms with van der Waals surface area (Å²) in [5.41, 5.74) is 1.06. The Balaban J connectivity index is 1.85. The van der Waals surface area contributed by atoms with Crippen molar-refractivity contribution in [2.24, 2.45) is 0 Å². The smallest absolute Gasteiger partial charge is 0.239 e. The topological polar surface area (TPSA) is 41.6 Å². The Morgan fingerprint density at radius 3 is 2.85 bits per heavy atom. The van der Waals surface area contributed by atoms with E-state index in [-0.39, 0.29) is 11.9 Å². The minimum atomic E-state index is -0.212. The lowest BCUT2D eigenvalue weighted by atomic mass is 10.2. The van der Waals surface area contributed by atoms with Crippen LogP contribution in [0.15, 0.2) is 22.7 Å². The summed E-state index contributed by atoms with van der Waals surface area (Å²) >= 11 is 9.41. The van der Waals surface area contributed by atoms with Gasteiger partial charge in [0, 0.05) is 24.1 Å². The van der Waals surface area contributed by atoms with E-state index in [4.69, 9.17) is 16.3 Å². The molecule has 0 aromatic heterocycles. The Morgan fingerprint density at radius 2 is 2.20 bits per heavy atom. The Bertz CT molecular complexity index is 478. The van der Waals surface area contributed by atoms with Gasteiger partial charge in [0.2, 0.25) is 5.91 Å². The summed E-state index contributed by atoms with van der Waals surface area (Å²) in [5, 5.41) is 3.91. The molecule has 0 spiro atoms. The number of carbonyl (C=O) groups excluding carboxylic acids is 1. The maximum Gasteiger partial charge on any atom is 0.239 e. The molecular weight excluding hydrogens is 344 g/mol. The van der Waals surface area contributed by atoms with Gasteiger partial charge in [-0.1, -0.05) is 17.7 Å². The number of rotatable bonds is 4. The number of amides is 1. The zero-order chi connectivity index (χ0) is 14.5. The van der Waals surface area contributed by atoms with E-state index >= 15 is 0 Å². The molecule has 1 unspecified atom stereocenters. The Labute approximate surface area is 132 Å². The molecule has 1 amide bonds. The molecule has 1 heterocycles. The van der Waals surface area contributed by atoms with Gasteiger partial charge in [-0.15, -0.1) is 0 Å². The van der Waals surface area contributed by atoms with E-state index in [2.05, 4.69) is 21.2 Å². The second-order valence-electron chi connectivity index (χ2n) is 4.79. The molecule has 1 atom stereocenters. The molecule has 110 valence electrons. The van der Waals surface area contributed by atoms with Gasteiger partial charge < -0.3 is 15.0 Å². The van der Waals surface area contributed by atoms with Crippen LogP contribution in [0.4, 0.5) is 0 Å². The monoisotopic (exact) mass is 360 g/mol. The quantitative estimate of drug-likeness (QED) is 0.895. The largest absolute Gasteiger partial charge is 0.378 e. The van der Waals surface area contributed by atoms with Gasteiger partial charge >= 0.3 is 0 Å². The van der Waals surface area contributed by atoms with Gasteiger partial charge in [-0.2, -0.15) is 0 Å². The second-order valence-corrected chi connectivity index (χ2v) is 6.05. The zero-order valence-corrected chi connectivity index (χ0v) is 13.7. The average Bonchev–Trinajstić information content (AvgIpc) is 2.48. The molecule has 1 aliphatic heterocycles. The van der Waals surface area contributed by atoms with Gasteiger partial charge in [0.1, 0.15) is 0 Å². The second kappa shape index (κ2) is 7.41. The number of carbonyl (C=O) groups is 1. The summed E-state index contributed by atoms with van der Waals surface area (Å²) in [7, 11) is 0. The first kappa shape index (κ1) is 15.8. The van der Waals surface area contributed by atoms with Crippen LogP contribution in [0.2, 0.25) is 5.02 Å². The lowest BCUT2D eigenvalue weighted by molar-refractivity contribution is -0.137. The number of nitrogens with zero attached hydrogens (tertiary/aromatic N) is 1. The van der Waals surface area contributed by atoms with E-state index in [0.717, 1.165) is 10.0 Å². The third-order valence-corrected chi connectivity index (χ3v) is 4.52. The number of ether oxygens (including phenoxy) is 1. The molecule has 6 heteroatoms. The molecule has 4 nitrogen and oxygen atoms in total. The maximum atomic E-state index is 12.2. The Hall–Kier alpha value is -0.620. The highest BCUT2D eigenvalue weighted by atomic mass is 79.9. The number of morpholine rings is 1. The van der Waals surface area contributed by atoms with E-state index in [1.54, 1.807) is 0 Å². The number of benzene rings is 1. The first-order valence-corrected chi connectivity index (χ1v) is 7.79. The molecule has 20 heavy (non-hydrogen) atoms. The van der Waals surface area contributed by atoms with Gasteiger partial charge in [-0.3, -0.25) is 4.79 Å². The predicted octanol–water partition coefficient (Wildman–Crippen LogP) is 2.44. The Morgan fingerprint density at radius 1 is 1.50 bits per heavy atom. The molecule has 0 bridgehead atoms. The van der Waals surface area contributed by atoms with Gasteiger partial charge in [0.05, 0.1) is 24.3 Å². The summed E-state index contributed by atoms with van der Waals surface area (Å²) < 4.78 is 6.13. The van der Waals surface area contributed by atoms with E-state index in [1.165, 1.54) is 0 Å². The maximum absolute atomic E-state index is 12.2. The minimum Gasteiger partial charge on any atom is -0.378 e. The van der Waals surface area contributed by atoms with Crippen LogP contribution >= 0.6 is 27.5 Å². The molecule has 1 N–H and O–H groups in total. The van der Waals surface area contributed by atoms with E-state index in [9.17, 15) is 4.79 Å². The summed E-state index contributed by atoms with van der Waals surface area (Å²) in [4.78, 5) is 14.1. The first-order chi connectivity index (χ1) is 9.58. The third kappa shape index (κ3) is 4.19. The molecule has 2 rings (SSSR count). The van der Waals surface area contributed by atoms with Crippen molar-refractivity contribution in [2.75, 3.05) is 26.3 Å².